The number of imidazole rings is 1. The van der Waals surface area contributed by atoms with Crippen molar-refractivity contribution < 1.29 is 0 Å². The molecule has 108 valence electrons. The Morgan fingerprint density at radius 3 is 2.52 bits per heavy atom. The Balaban J connectivity index is 1.71. The molecular formula is C18H21N3. The molecule has 2 aromatic carbocycles. The first-order valence-corrected chi connectivity index (χ1v) is 7.48. The van der Waals surface area contributed by atoms with E-state index >= 15 is 0 Å². The monoisotopic (exact) mass is 279 g/mol. The van der Waals surface area contributed by atoms with Gasteiger partial charge in [0.15, 0.2) is 0 Å². The van der Waals surface area contributed by atoms with Gasteiger partial charge in [0.25, 0.3) is 0 Å². The summed E-state index contributed by atoms with van der Waals surface area (Å²) in [6.45, 7) is 6.88. The van der Waals surface area contributed by atoms with Gasteiger partial charge in [-0.05, 0) is 31.5 Å². The van der Waals surface area contributed by atoms with Crippen molar-refractivity contribution in [1.82, 2.24) is 14.9 Å². The molecule has 0 unspecified atom stereocenters. The first-order chi connectivity index (χ1) is 10.3. The molecule has 0 saturated heterocycles. The lowest BCUT2D eigenvalue weighted by Gasteiger charge is -2.08. The second-order valence-electron chi connectivity index (χ2n) is 5.35. The van der Waals surface area contributed by atoms with Gasteiger partial charge in [-0.25, -0.2) is 4.98 Å². The second kappa shape index (κ2) is 6.10. The van der Waals surface area contributed by atoms with Crippen LogP contribution in [-0.4, -0.2) is 9.55 Å². The van der Waals surface area contributed by atoms with E-state index in [2.05, 4.69) is 66.2 Å². The van der Waals surface area contributed by atoms with Crippen molar-refractivity contribution in [3.05, 3.63) is 65.5 Å². The molecule has 0 amide bonds. The van der Waals surface area contributed by atoms with E-state index in [0.29, 0.717) is 0 Å². The molecule has 3 aromatic rings. The van der Waals surface area contributed by atoms with Crippen LogP contribution in [0.2, 0.25) is 0 Å². The van der Waals surface area contributed by atoms with Gasteiger partial charge in [0.1, 0.15) is 5.82 Å². The van der Waals surface area contributed by atoms with Crippen LogP contribution in [0.3, 0.4) is 0 Å². The fourth-order valence-electron chi connectivity index (χ4n) is 2.64. The van der Waals surface area contributed by atoms with E-state index in [9.17, 15) is 0 Å². The Hall–Kier alpha value is -2.13. The highest BCUT2D eigenvalue weighted by molar-refractivity contribution is 5.75. The molecule has 0 fully saturated rings. The van der Waals surface area contributed by atoms with Crippen LogP contribution in [0.25, 0.3) is 11.0 Å². The van der Waals surface area contributed by atoms with Crippen LogP contribution in [0.4, 0.5) is 0 Å². The minimum absolute atomic E-state index is 0.788. The van der Waals surface area contributed by atoms with Crippen molar-refractivity contribution in [2.45, 2.75) is 33.5 Å². The lowest BCUT2D eigenvalue weighted by Crippen LogP contribution is -2.16. The average Bonchev–Trinajstić information content (AvgIpc) is 2.86. The van der Waals surface area contributed by atoms with Crippen LogP contribution in [-0.2, 0) is 19.6 Å². The summed E-state index contributed by atoms with van der Waals surface area (Å²) in [5.41, 5.74) is 4.89. The highest BCUT2D eigenvalue weighted by Gasteiger charge is 2.08. The fourth-order valence-corrected chi connectivity index (χ4v) is 2.64. The standard InChI is InChI=1S/C18H21N3/c1-3-21-17-7-5-4-6-16(17)20-18(21)13-19-12-15-10-8-14(2)9-11-15/h4-11,19H,3,12-13H2,1-2H3. The van der Waals surface area contributed by atoms with Crippen molar-refractivity contribution in [3.63, 3.8) is 0 Å². The van der Waals surface area contributed by atoms with Gasteiger partial charge in [0.2, 0.25) is 0 Å². The molecule has 0 aliphatic carbocycles. The highest BCUT2D eigenvalue weighted by atomic mass is 15.1. The van der Waals surface area contributed by atoms with Gasteiger partial charge in [-0.2, -0.15) is 0 Å². The largest absolute Gasteiger partial charge is 0.327 e. The van der Waals surface area contributed by atoms with E-state index in [1.165, 1.54) is 16.6 Å². The molecule has 3 rings (SSSR count). The molecule has 0 spiro atoms. The maximum atomic E-state index is 4.73. The summed E-state index contributed by atoms with van der Waals surface area (Å²) in [6.07, 6.45) is 0. The molecule has 0 atom stereocenters. The molecule has 3 heteroatoms. The van der Waals surface area contributed by atoms with Crippen LogP contribution in [0.1, 0.15) is 23.9 Å². The summed E-state index contributed by atoms with van der Waals surface area (Å²) in [6, 6.07) is 17.0. The fraction of sp³-hybridized carbons (Fsp3) is 0.278. The summed E-state index contributed by atoms with van der Waals surface area (Å²) in [4.78, 5) is 4.73. The van der Waals surface area contributed by atoms with E-state index in [1.54, 1.807) is 0 Å². The van der Waals surface area contributed by atoms with Gasteiger partial charge in [0, 0.05) is 13.1 Å². The summed E-state index contributed by atoms with van der Waals surface area (Å²) in [5, 5.41) is 3.49. The van der Waals surface area contributed by atoms with Crippen LogP contribution in [0.15, 0.2) is 48.5 Å². The van der Waals surface area contributed by atoms with Crippen molar-refractivity contribution in [2.24, 2.45) is 0 Å². The number of hydrogen-bond donors (Lipinski definition) is 1. The highest BCUT2D eigenvalue weighted by Crippen LogP contribution is 2.15. The summed E-state index contributed by atoms with van der Waals surface area (Å²) < 4.78 is 2.28. The number of nitrogens with zero attached hydrogens (tertiary/aromatic N) is 2. The number of benzene rings is 2. The maximum absolute atomic E-state index is 4.73. The van der Waals surface area contributed by atoms with E-state index < -0.39 is 0 Å². The molecule has 0 radical (unpaired) electrons. The van der Waals surface area contributed by atoms with Gasteiger partial charge in [-0.3, -0.25) is 0 Å². The normalized spacial score (nSPS) is 11.1. The van der Waals surface area contributed by atoms with Crippen molar-refractivity contribution in [1.29, 1.82) is 0 Å². The third-order valence-electron chi connectivity index (χ3n) is 3.78. The number of para-hydroxylation sites is 2. The van der Waals surface area contributed by atoms with E-state index in [1.807, 2.05) is 6.07 Å². The molecule has 0 aliphatic heterocycles. The zero-order chi connectivity index (χ0) is 14.7. The Bertz CT molecular complexity index is 726. The first-order valence-electron chi connectivity index (χ1n) is 7.48. The molecule has 0 aliphatic rings. The number of fused-ring (bicyclic) bond motifs is 1. The zero-order valence-corrected chi connectivity index (χ0v) is 12.6. The number of aryl methyl sites for hydroxylation is 2. The summed E-state index contributed by atoms with van der Waals surface area (Å²) >= 11 is 0. The van der Waals surface area contributed by atoms with Gasteiger partial charge in [0.05, 0.1) is 17.6 Å². The third kappa shape index (κ3) is 2.98. The predicted octanol–water partition coefficient (Wildman–Crippen LogP) is 3.65. The second-order valence-corrected chi connectivity index (χ2v) is 5.35. The third-order valence-corrected chi connectivity index (χ3v) is 3.78. The molecule has 21 heavy (non-hydrogen) atoms. The number of nitrogens with one attached hydrogen (secondary N) is 1. The van der Waals surface area contributed by atoms with E-state index in [4.69, 9.17) is 4.98 Å². The van der Waals surface area contributed by atoms with E-state index in [0.717, 1.165) is 31.0 Å². The lowest BCUT2D eigenvalue weighted by molar-refractivity contribution is 0.621. The average molecular weight is 279 g/mol. The van der Waals surface area contributed by atoms with E-state index in [-0.39, 0.29) is 0 Å². The van der Waals surface area contributed by atoms with Crippen molar-refractivity contribution in [2.75, 3.05) is 0 Å². The maximum Gasteiger partial charge on any atom is 0.123 e. The Morgan fingerprint density at radius 1 is 1.00 bits per heavy atom. The lowest BCUT2D eigenvalue weighted by atomic mass is 10.1. The Labute approximate surface area is 125 Å². The smallest absolute Gasteiger partial charge is 0.123 e. The Morgan fingerprint density at radius 2 is 1.76 bits per heavy atom. The number of aromatic nitrogens is 2. The van der Waals surface area contributed by atoms with Gasteiger partial charge >= 0.3 is 0 Å². The zero-order valence-electron chi connectivity index (χ0n) is 12.6. The molecule has 1 N–H and O–H groups in total. The quantitative estimate of drug-likeness (QED) is 0.772. The van der Waals surface area contributed by atoms with Crippen LogP contribution in [0.5, 0.6) is 0 Å². The van der Waals surface area contributed by atoms with Crippen LogP contribution < -0.4 is 5.32 Å². The van der Waals surface area contributed by atoms with Crippen molar-refractivity contribution >= 4 is 11.0 Å². The minimum atomic E-state index is 0.788. The predicted molar refractivity (Wildman–Crippen MR) is 87.1 cm³/mol. The number of rotatable bonds is 5. The Kier molecular flexibility index (Phi) is 4.02. The van der Waals surface area contributed by atoms with Gasteiger partial charge in [-0.1, -0.05) is 42.0 Å². The van der Waals surface area contributed by atoms with Crippen molar-refractivity contribution in [3.8, 4) is 0 Å². The summed E-state index contributed by atoms with van der Waals surface area (Å²) in [7, 11) is 0. The SMILES string of the molecule is CCn1c(CNCc2ccc(C)cc2)nc2ccccc21. The molecule has 0 bridgehead atoms. The van der Waals surface area contributed by atoms with Gasteiger partial charge in [-0.15, -0.1) is 0 Å². The summed E-state index contributed by atoms with van der Waals surface area (Å²) in [5.74, 6) is 1.10. The molecule has 3 nitrogen and oxygen atoms in total. The topological polar surface area (TPSA) is 29.9 Å². The molecular weight excluding hydrogens is 258 g/mol. The molecule has 0 saturated carbocycles. The molecule has 1 aromatic heterocycles. The molecule has 1 heterocycles. The van der Waals surface area contributed by atoms with Gasteiger partial charge < -0.3 is 9.88 Å². The minimum Gasteiger partial charge on any atom is -0.327 e. The number of hydrogen-bond acceptors (Lipinski definition) is 2. The van der Waals surface area contributed by atoms with Crippen LogP contribution >= 0.6 is 0 Å². The van der Waals surface area contributed by atoms with Crippen LogP contribution in [0, 0.1) is 6.92 Å². The first kappa shape index (κ1) is 13.8.